The molecule has 1 aliphatic rings. The van der Waals surface area contributed by atoms with E-state index < -0.39 is 0 Å². The van der Waals surface area contributed by atoms with Crippen LogP contribution in [0.2, 0.25) is 0 Å². The molecule has 0 atom stereocenters. The Balaban J connectivity index is 2.36. The lowest BCUT2D eigenvalue weighted by molar-refractivity contribution is 0.256. The fourth-order valence-electron chi connectivity index (χ4n) is 1.15. The molecule has 0 bridgehead atoms. The van der Waals surface area contributed by atoms with Gasteiger partial charge in [0.15, 0.2) is 11.5 Å². The van der Waals surface area contributed by atoms with E-state index in [-0.39, 0.29) is 0 Å². The molecule has 0 saturated heterocycles. The lowest BCUT2D eigenvalue weighted by Crippen LogP contribution is -2.21. The second kappa shape index (κ2) is 3.03. The normalized spacial score (nSPS) is 15.4. The molecule has 0 amide bonds. The summed E-state index contributed by atoms with van der Waals surface area (Å²) >= 11 is 0. The quantitative estimate of drug-likeness (QED) is 0.628. The number of nitrogens with one attached hydrogen (secondary N) is 1. The van der Waals surface area contributed by atoms with Crippen molar-refractivity contribution >= 4 is 0 Å². The van der Waals surface area contributed by atoms with Crippen molar-refractivity contribution in [1.82, 2.24) is 5.32 Å². The summed E-state index contributed by atoms with van der Waals surface area (Å²) in [6, 6.07) is 5.91. The molecule has 0 aliphatic carbocycles. The Bertz CT molecular complexity index is 286. The Hall–Kier alpha value is -1.22. The first-order valence-corrected chi connectivity index (χ1v) is 3.93. The van der Waals surface area contributed by atoms with E-state index in [2.05, 4.69) is 5.32 Å². The van der Waals surface area contributed by atoms with Gasteiger partial charge in [0.2, 0.25) is 0 Å². The number of aryl methyl sites for hydroxylation is 1. The van der Waals surface area contributed by atoms with E-state index in [0.29, 0.717) is 13.5 Å². The van der Waals surface area contributed by atoms with Crippen LogP contribution in [0.4, 0.5) is 0 Å². The van der Waals surface area contributed by atoms with Gasteiger partial charge >= 0.3 is 0 Å². The smallest absolute Gasteiger partial charge is 0.163 e. The van der Waals surface area contributed by atoms with Gasteiger partial charge in [0.05, 0.1) is 0 Å². The maximum absolute atomic E-state index is 5.39. The van der Waals surface area contributed by atoms with E-state index in [0.717, 1.165) is 11.5 Å². The summed E-state index contributed by atoms with van der Waals surface area (Å²) in [5.74, 6) is 1.63. The van der Waals surface area contributed by atoms with E-state index in [9.17, 15) is 0 Å². The molecule has 3 heteroatoms. The fraction of sp³-hybridized carbons (Fsp3) is 0.333. The molecule has 0 saturated carbocycles. The minimum Gasteiger partial charge on any atom is -0.474 e. The van der Waals surface area contributed by atoms with Crippen LogP contribution in [0.25, 0.3) is 0 Å². The number of ether oxygens (including phenoxy) is 2. The first-order chi connectivity index (χ1) is 5.86. The third-order valence-electron chi connectivity index (χ3n) is 1.76. The number of hydrogen-bond donors (Lipinski definition) is 1. The maximum atomic E-state index is 5.39. The molecule has 0 radical (unpaired) electrons. The highest BCUT2D eigenvalue weighted by atomic mass is 16.5. The van der Waals surface area contributed by atoms with Gasteiger partial charge in [-0.3, -0.25) is 5.32 Å². The zero-order valence-electron chi connectivity index (χ0n) is 6.96. The van der Waals surface area contributed by atoms with Gasteiger partial charge in [-0.1, -0.05) is 6.07 Å². The SMILES string of the molecule is Cc1ccc2c(c1)OCNCO2. The molecule has 1 N–H and O–H groups in total. The number of rotatable bonds is 0. The molecule has 0 unspecified atom stereocenters. The molecule has 3 nitrogen and oxygen atoms in total. The van der Waals surface area contributed by atoms with Crippen LogP contribution in [0.3, 0.4) is 0 Å². The van der Waals surface area contributed by atoms with Gasteiger partial charge in [-0.15, -0.1) is 0 Å². The lowest BCUT2D eigenvalue weighted by Gasteiger charge is -2.05. The summed E-state index contributed by atoms with van der Waals surface area (Å²) in [5.41, 5.74) is 1.18. The van der Waals surface area contributed by atoms with Crippen molar-refractivity contribution in [3.63, 3.8) is 0 Å². The van der Waals surface area contributed by atoms with Gasteiger partial charge in [-0.05, 0) is 24.6 Å². The summed E-state index contributed by atoms with van der Waals surface area (Å²) in [7, 11) is 0. The van der Waals surface area contributed by atoms with Gasteiger partial charge in [0.1, 0.15) is 13.5 Å². The van der Waals surface area contributed by atoms with E-state index >= 15 is 0 Å². The van der Waals surface area contributed by atoms with E-state index in [1.165, 1.54) is 5.56 Å². The summed E-state index contributed by atoms with van der Waals surface area (Å²) in [6.07, 6.45) is 0. The van der Waals surface area contributed by atoms with Gasteiger partial charge in [0, 0.05) is 0 Å². The van der Waals surface area contributed by atoms with E-state index in [1.807, 2.05) is 25.1 Å². The molecular formula is C9H11NO2. The van der Waals surface area contributed by atoms with Crippen molar-refractivity contribution < 1.29 is 9.47 Å². The fourth-order valence-corrected chi connectivity index (χ4v) is 1.15. The van der Waals surface area contributed by atoms with Crippen LogP contribution in [-0.4, -0.2) is 13.5 Å². The van der Waals surface area contributed by atoms with Crippen molar-refractivity contribution in [2.24, 2.45) is 0 Å². The second-order valence-corrected chi connectivity index (χ2v) is 2.78. The average Bonchev–Trinajstić information content (AvgIpc) is 2.28. The molecule has 1 aromatic rings. The molecule has 1 aliphatic heterocycles. The van der Waals surface area contributed by atoms with Crippen molar-refractivity contribution in [3.8, 4) is 11.5 Å². The number of benzene rings is 1. The molecule has 12 heavy (non-hydrogen) atoms. The highest BCUT2D eigenvalue weighted by molar-refractivity contribution is 5.42. The van der Waals surface area contributed by atoms with Crippen LogP contribution >= 0.6 is 0 Å². The highest BCUT2D eigenvalue weighted by Crippen LogP contribution is 2.28. The highest BCUT2D eigenvalue weighted by Gasteiger charge is 2.07. The van der Waals surface area contributed by atoms with Crippen LogP contribution in [0.1, 0.15) is 5.56 Å². The first-order valence-electron chi connectivity index (χ1n) is 3.93. The molecule has 1 heterocycles. The van der Waals surface area contributed by atoms with Crippen LogP contribution < -0.4 is 14.8 Å². The molecule has 0 aromatic heterocycles. The minimum atomic E-state index is 0.510. The summed E-state index contributed by atoms with van der Waals surface area (Å²) in [6.45, 7) is 3.05. The van der Waals surface area contributed by atoms with Crippen molar-refractivity contribution in [1.29, 1.82) is 0 Å². The van der Waals surface area contributed by atoms with Gasteiger partial charge < -0.3 is 9.47 Å². The Morgan fingerprint density at radius 1 is 1.17 bits per heavy atom. The molecule has 2 rings (SSSR count). The Morgan fingerprint density at radius 2 is 1.92 bits per heavy atom. The molecule has 0 fully saturated rings. The molecule has 0 spiro atoms. The van der Waals surface area contributed by atoms with Gasteiger partial charge in [-0.25, -0.2) is 0 Å². The van der Waals surface area contributed by atoms with E-state index in [4.69, 9.17) is 9.47 Å². The van der Waals surface area contributed by atoms with Crippen LogP contribution in [0.5, 0.6) is 11.5 Å². The van der Waals surface area contributed by atoms with Crippen molar-refractivity contribution in [2.75, 3.05) is 13.5 Å². The first kappa shape index (κ1) is 7.43. The van der Waals surface area contributed by atoms with Crippen LogP contribution in [0.15, 0.2) is 18.2 Å². The maximum Gasteiger partial charge on any atom is 0.163 e. The van der Waals surface area contributed by atoms with Crippen molar-refractivity contribution in [2.45, 2.75) is 6.92 Å². The minimum absolute atomic E-state index is 0.510. The Morgan fingerprint density at radius 3 is 2.75 bits per heavy atom. The predicted octanol–water partition coefficient (Wildman–Crippen LogP) is 1.27. The third-order valence-corrected chi connectivity index (χ3v) is 1.76. The summed E-state index contributed by atoms with van der Waals surface area (Å²) in [4.78, 5) is 0. The molecule has 1 aromatic carbocycles. The monoisotopic (exact) mass is 165 g/mol. The predicted molar refractivity (Wildman–Crippen MR) is 45.3 cm³/mol. The van der Waals surface area contributed by atoms with Crippen molar-refractivity contribution in [3.05, 3.63) is 23.8 Å². The Kier molecular flexibility index (Phi) is 1.87. The number of fused-ring (bicyclic) bond motifs is 1. The van der Waals surface area contributed by atoms with Gasteiger partial charge in [0.25, 0.3) is 0 Å². The summed E-state index contributed by atoms with van der Waals surface area (Å²) < 4.78 is 10.8. The largest absolute Gasteiger partial charge is 0.474 e. The van der Waals surface area contributed by atoms with Crippen LogP contribution in [-0.2, 0) is 0 Å². The number of hydrogen-bond acceptors (Lipinski definition) is 3. The lowest BCUT2D eigenvalue weighted by atomic mass is 10.2. The molecular weight excluding hydrogens is 154 g/mol. The van der Waals surface area contributed by atoms with E-state index in [1.54, 1.807) is 0 Å². The topological polar surface area (TPSA) is 30.5 Å². The summed E-state index contributed by atoms with van der Waals surface area (Å²) in [5, 5.41) is 2.97. The third kappa shape index (κ3) is 1.36. The zero-order valence-corrected chi connectivity index (χ0v) is 6.96. The Labute approximate surface area is 71.3 Å². The van der Waals surface area contributed by atoms with Gasteiger partial charge in [-0.2, -0.15) is 0 Å². The van der Waals surface area contributed by atoms with Crippen LogP contribution in [0, 0.1) is 6.92 Å². The molecule has 64 valence electrons. The average molecular weight is 165 g/mol. The zero-order chi connectivity index (χ0) is 8.39. The second-order valence-electron chi connectivity index (χ2n) is 2.78. The standard InChI is InChI=1S/C9H11NO2/c1-7-2-3-8-9(4-7)12-6-10-5-11-8/h2-4,10H,5-6H2,1H3.